The number of likely N-dealkylation sites (tertiary alicyclic amines) is 1. The van der Waals surface area contributed by atoms with Crippen molar-refractivity contribution in [1.29, 1.82) is 0 Å². The zero-order valence-electron chi connectivity index (χ0n) is 11.3. The summed E-state index contributed by atoms with van der Waals surface area (Å²) < 4.78 is 0. The summed E-state index contributed by atoms with van der Waals surface area (Å²) in [7, 11) is 4.21. The molecule has 0 aromatic carbocycles. The fourth-order valence-corrected chi connectivity index (χ4v) is 2.54. The largest absolute Gasteiger partial charge is 0.305 e. The lowest BCUT2D eigenvalue weighted by atomic mass is 10.0. The molecule has 1 aliphatic heterocycles. The van der Waals surface area contributed by atoms with Crippen LogP contribution in [0.15, 0.2) is 0 Å². The summed E-state index contributed by atoms with van der Waals surface area (Å²) in [5.41, 5.74) is 2.30. The highest BCUT2D eigenvalue weighted by Crippen LogP contribution is 2.18. The number of hydrazine groups is 1. The minimum absolute atomic E-state index is 0.0498. The molecule has 1 saturated heterocycles. The number of carbonyl (C=O) groups excluding carboxylic acids is 1. The van der Waals surface area contributed by atoms with Crippen LogP contribution in [0.1, 0.15) is 32.6 Å². The molecule has 0 spiro atoms. The first-order valence-electron chi connectivity index (χ1n) is 6.51. The number of hydrogen-bond donors (Lipinski definition) is 2. The van der Waals surface area contributed by atoms with Crippen LogP contribution < -0.4 is 11.3 Å². The van der Waals surface area contributed by atoms with Crippen LogP contribution in [0, 0.1) is 0 Å². The molecule has 0 aromatic heterocycles. The Morgan fingerprint density at radius 3 is 2.82 bits per heavy atom. The Hall–Kier alpha value is -0.650. The van der Waals surface area contributed by atoms with Crippen LogP contribution in [-0.2, 0) is 4.79 Å². The molecule has 0 bridgehead atoms. The second-order valence-corrected chi connectivity index (χ2v) is 5.07. The van der Waals surface area contributed by atoms with Gasteiger partial charge in [-0.25, -0.2) is 5.84 Å². The zero-order valence-corrected chi connectivity index (χ0v) is 11.3. The van der Waals surface area contributed by atoms with Crippen molar-refractivity contribution in [2.24, 2.45) is 5.84 Å². The second-order valence-electron chi connectivity index (χ2n) is 5.07. The molecular formula is C12H26N4O. The standard InChI is InChI=1S/C12H26N4O/c1-4-6-11(12(17)14-13)16-8-5-7-10(9-16)15(2)3/h10-11H,4-9,13H2,1-3H3,(H,14,17). The van der Waals surface area contributed by atoms with Crippen molar-refractivity contribution in [3.05, 3.63) is 0 Å². The molecule has 3 N–H and O–H groups in total. The Balaban J connectivity index is 2.63. The highest BCUT2D eigenvalue weighted by atomic mass is 16.2. The molecule has 1 heterocycles. The van der Waals surface area contributed by atoms with Crippen molar-refractivity contribution in [1.82, 2.24) is 15.2 Å². The molecule has 17 heavy (non-hydrogen) atoms. The van der Waals surface area contributed by atoms with E-state index in [0.717, 1.165) is 32.4 Å². The maximum absolute atomic E-state index is 11.8. The number of likely N-dealkylation sites (N-methyl/N-ethyl adjacent to an activating group) is 1. The van der Waals surface area contributed by atoms with E-state index in [2.05, 4.69) is 36.2 Å². The number of rotatable bonds is 5. The first-order chi connectivity index (χ1) is 8.10. The number of nitrogens with zero attached hydrogens (tertiary/aromatic N) is 2. The van der Waals surface area contributed by atoms with E-state index < -0.39 is 0 Å². The van der Waals surface area contributed by atoms with Crippen molar-refractivity contribution in [3.8, 4) is 0 Å². The fourth-order valence-electron chi connectivity index (χ4n) is 2.54. The number of carbonyl (C=O) groups is 1. The molecule has 0 aromatic rings. The van der Waals surface area contributed by atoms with Gasteiger partial charge < -0.3 is 4.90 Å². The average Bonchev–Trinajstić information content (AvgIpc) is 2.35. The summed E-state index contributed by atoms with van der Waals surface area (Å²) in [6, 6.07) is 0.487. The van der Waals surface area contributed by atoms with E-state index >= 15 is 0 Å². The monoisotopic (exact) mass is 242 g/mol. The zero-order chi connectivity index (χ0) is 12.8. The molecule has 0 aliphatic carbocycles. The SMILES string of the molecule is CCCC(C(=O)NN)N1CCCC(N(C)C)C1. The molecular weight excluding hydrogens is 216 g/mol. The van der Waals surface area contributed by atoms with Gasteiger partial charge in [-0.15, -0.1) is 0 Å². The van der Waals surface area contributed by atoms with E-state index in [-0.39, 0.29) is 11.9 Å². The molecule has 2 atom stereocenters. The van der Waals surface area contributed by atoms with E-state index in [1.807, 2.05) is 0 Å². The Morgan fingerprint density at radius 2 is 2.29 bits per heavy atom. The third-order valence-corrected chi connectivity index (χ3v) is 3.61. The quantitative estimate of drug-likeness (QED) is 0.410. The van der Waals surface area contributed by atoms with Crippen LogP contribution in [-0.4, -0.2) is 55.0 Å². The summed E-state index contributed by atoms with van der Waals surface area (Å²) in [6.45, 7) is 4.07. The lowest BCUT2D eigenvalue weighted by Gasteiger charge is -2.39. The number of piperidine rings is 1. The lowest BCUT2D eigenvalue weighted by Crippen LogP contribution is -2.55. The maximum Gasteiger partial charge on any atom is 0.251 e. The van der Waals surface area contributed by atoms with Gasteiger partial charge in [-0.3, -0.25) is 15.1 Å². The maximum atomic E-state index is 11.8. The first kappa shape index (κ1) is 14.4. The van der Waals surface area contributed by atoms with E-state index in [4.69, 9.17) is 5.84 Å². The van der Waals surface area contributed by atoms with E-state index in [1.165, 1.54) is 6.42 Å². The minimum atomic E-state index is -0.0623. The molecule has 1 fully saturated rings. The molecule has 2 unspecified atom stereocenters. The smallest absolute Gasteiger partial charge is 0.251 e. The third kappa shape index (κ3) is 3.94. The molecule has 100 valence electrons. The number of amides is 1. The Morgan fingerprint density at radius 1 is 1.59 bits per heavy atom. The van der Waals surface area contributed by atoms with Crippen LogP contribution in [0.5, 0.6) is 0 Å². The van der Waals surface area contributed by atoms with Gasteiger partial charge in [0.15, 0.2) is 0 Å². The highest BCUT2D eigenvalue weighted by Gasteiger charge is 2.30. The number of nitrogens with one attached hydrogen (secondary N) is 1. The van der Waals surface area contributed by atoms with Gasteiger partial charge in [0.25, 0.3) is 5.91 Å². The number of nitrogens with two attached hydrogens (primary N) is 1. The Kier molecular flexibility index (Phi) is 5.88. The third-order valence-electron chi connectivity index (χ3n) is 3.61. The summed E-state index contributed by atoms with van der Waals surface area (Å²) in [4.78, 5) is 16.3. The van der Waals surface area contributed by atoms with Crippen LogP contribution in [0.2, 0.25) is 0 Å². The van der Waals surface area contributed by atoms with E-state index in [1.54, 1.807) is 0 Å². The summed E-state index contributed by atoms with van der Waals surface area (Å²) in [6.07, 6.45) is 4.25. The van der Waals surface area contributed by atoms with Gasteiger partial charge in [0, 0.05) is 12.6 Å². The van der Waals surface area contributed by atoms with Gasteiger partial charge in [-0.2, -0.15) is 0 Å². The van der Waals surface area contributed by atoms with Crippen molar-refractivity contribution in [2.75, 3.05) is 27.2 Å². The van der Waals surface area contributed by atoms with E-state index in [0.29, 0.717) is 6.04 Å². The molecule has 0 saturated carbocycles. The molecule has 0 radical (unpaired) electrons. The van der Waals surface area contributed by atoms with Gasteiger partial charge in [-0.05, 0) is 39.9 Å². The van der Waals surface area contributed by atoms with Gasteiger partial charge in [0.05, 0.1) is 6.04 Å². The van der Waals surface area contributed by atoms with Crippen molar-refractivity contribution in [3.63, 3.8) is 0 Å². The van der Waals surface area contributed by atoms with Crippen LogP contribution >= 0.6 is 0 Å². The van der Waals surface area contributed by atoms with Crippen LogP contribution in [0.25, 0.3) is 0 Å². The van der Waals surface area contributed by atoms with Crippen molar-refractivity contribution < 1.29 is 4.79 Å². The molecule has 1 amide bonds. The molecule has 1 aliphatic rings. The summed E-state index contributed by atoms with van der Waals surface area (Å²) >= 11 is 0. The summed E-state index contributed by atoms with van der Waals surface area (Å²) in [5, 5.41) is 0. The molecule has 1 rings (SSSR count). The molecule has 5 nitrogen and oxygen atoms in total. The first-order valence-corrected chi connectivity index (χ1v) is 6.51. The van der Waals surface area contributed by atoms with Gasteiger partial charge in [0.2, 0.25) is 0 Å². The second kappa shape index (κ2) is 6.93. The van der Waals surface area contributed by atoms with Gasteiger partial charge in [-0.1, -0.05) is 13.3 Å². The normalized spacial score (nSPS) is 23.7. The predicted molar refractivity (Wildman–Crippen MR) is 69.3 cm³/mol. The summed E-state index contributed by atoms with van der Waals surface area (Å²) in [5.74, 6) is 5.22. The van der Waals surface area contributed by atoms with Crippen LogP contribution in [0.4, 0.5) is 0 Å². The lowest BCUT2D eigenvalue weighted by molar-refractivity contribution is -0.127. The van der Waals surface area contributed by atoms with Gasteiger partial charge >= 0.3 is 0 Å². The minimum Gasteiger partial charge on any atom is -0.305 e. The predicted octanol–water partition coefficient (Wildman–Crippen LogP) is 0.171. The van der Waals surface area contributed by atoms with Gasteiger partial charge in [0.1, 0.15) is 0 Å². The highest BCUT2D eigenvalue weighted by molar-refractivity contribution is 5.81. The molecule has 5 heteroatoms. The average molecular weight is 242 g/mol. The Bertz CT molecular complexity index is 245. The topological polar surface area (TPSA) is 61.6 Å². The van der Waals surface area contributed by atoms with Crippen molar-refractivity contribution >= 4 is 5.91 Å². The Labute approximate surface area is 104 Å². The van der Waals surface area contributed by atoms with Crippen LogP contribution in [0.3, 0.4) is 0 Å². The number of hydrogen-bond acceptors (Lipinski definition) is 4. The van der Waals surface area contributed by atoms with E-state index in [9.17, 15) is 4.79 Å². The fraction of sp³-hybridized carbons (Fsp3) is 0.917. The van der Waals surface area contributed by atoms with Crippen molar-refractivity contribution in [2.45, 2.75) is 44.7 Å².